The van der Waals surface area contributed by atoms with Crippen molar-refractivity contribution in [3.05, 3.63) is 28.8 Å². The Hall–Kier alpha value is -1.01. The van der Waals surface area contributed by atoms with Crippen LogP contribution >= 0.6 is 12.2 Å². The van der Waals surface area contributed by atoms with Gasteiger partial charge in [0, 0.05) is 28.3 Å². The third-order valence-corrected chi connectivity index (χ3v) is 5.08. The molecule has 0 radical (unpaired) electrons. The summed E-state index contributed by atoms with van der Waals surface area (Å²) in [7, 11) is -0.684. The van der Waals surface area contributed by atoms with Crippen LogP contribution in [-0.2, 0) is 10.8 Å². The molecule has 0 unspecified atom stereocenters. The van der Waals surface area contributed by atoms with E-state index in [0.717, 1.165) is 35.4 Å². The maximum Gasteiger partial charge on any atom is 0.178 e. The van der Waals surface area contributed by atoms with Crippen LogP contribution in [0.15, 0.2) is 18.2 Å². The van der Waals surface area contributed by atoms with Gasteiger partial charge in [-0.15, -0.1) is 0 Å². The summed E-state index contributed by atoms with van der Waals surface area (Å²) in [6, 6.07) is 4.93. The second-order valence-corrected chi connectivity index (χ2v) is 6.62. The normalized spacial score (nSPS) is 24.5. The number of nitrogens with one attached hydrogen (secondary N) is 1. The molecule has 2 heterocycles. The summed E-state index contributed by atoms with van der Waals surface area (Å²) in [5.74, 6) is 1.18. The molecule has 1 saturated heterocycles. The van der Waals surface area contributed by atoms with Crippen molar-refractivity contribution >= 4 is 34.1 Å². The lowest BCUT2D eigenvalue weighted by molar-refractivity contribution is 0.468. The fourth-order valence-electron chi connectivity index (χ4n) is 2.51. The van der Waals surface area contributed by atoms with Gasteiger partial charge < -0.3 is 9.55 Å². The Kier molecular flexibility index (Phi) is 3.07. The Morgan fingerprint density at radius 2 is 2.11 bits per heavy atom. The first-order valence-corrected chi connectivity index (χ1v) is 7.79. The molecule has 18 heavy (non-hydrogen) atoms. The number of fused-ring (bicyclic) bond motifs is 1. The van der Waals surface area contributed by atoms with Gasteiger partial charge in [0.05, 0.1) is 11.0 Å². The van der Waals surface area contributed by atoms with Gasteiger partial charge >= 0.3 is 0 Å². The van der Waals surface area contributed by atoms with Crippen molar-refractivity contribution < 1.29 is 8.60 Å². The molecule has 0 amide bonds. The molecule has 1 fully saturated rings. The average Bonchev–Trinajstić information content (AvgIpc) is 2.65. The van der Waals surface area contributed by atoms with E-state index in [2.05, 4.69) is 4.98 Å². The van der Waals surface area contributed by atoms with E-state index in [1.54, 1.807) is 6.07 Å². The smallest absolute Gasteiger partial charge is 0.178 e. The topological polar surface area (TPSA) is 37.8 Å². The summed E-state index contributed by atoms with van der Waals surface area (Å²) < 4.78 is 27.2. The summed E-state index contributed by atoms with van der Waals surface area (Å²) in [6.07, 6.45) is 1.73. The molecule has 3 nitrogen and oxygen atoms in total. The number of aromatic amines is 1. The van der Waals surface area contributed by atoms with E-state index in [1.165, 1.54) is 12.1 Å². The summed E-state index contributed by atoms with van der Waals surface area (Å²) in [5.41, 5.74) is 1.66. The molecule has 0 spiro atoms. The summed E-state index contributed by atoms with van der Waals surface area (Å²) >= 11 is 5.32. The molecule has 1 N–H and O–H groups in total. The molecule has 3 rings (SSSR count). The van der Waals surface area contributed by atoms with Gasteiger partial charge in [0.1, 0.15) is 5.82 Å². The van der Waals surface area contributed by atoms with Crippen LogP contribution in [0, 0.1) is 10.6 Å². The molecule has 0 bridgehead atoms. The van der Waals surface area contributed by atoms with E-state index in [1.807, 2.05) is 4.57 Å². The predicted octanol–water partition coefficient (Wildman–Crippen LogP) is 2.92. The van der Waals surface area contributed by atoms with Crippen molar-refractivity contribution in [3.8, 4) is 0 Å². The Morgan fingerprint density at radius 1 is 1.39 bits per heavy atom. The van der Waals surface area contributed by atoms with Gasteiger partial charge in [0.25, 0.3) is 0 Å². The van der Waals surface area contributed by atoms with Crippen molar-refractivity contribution in [1.82, 2.24) is 9.55 Å². The molecule has 1 aliphatic heterocycles. The van der Waals surface area contributed by atoms with Gasteiger partial charge in [-0.3, -0.25) is 4.21 Å². The van der Waals surface area contributed by atoms with Crippen LogP contribution in [0.3, 0.4) is 0 Å². The number of aromatic nitrogens is 2. The zero-order valence-electron chi connectivity index (χ0n) is 9.69. The highest BCUT2D eigenvalue weighted by atomic mass is 32.2. The van der Waals surface area contributed by atoms with Gasteiger partial charge in [0.15, 0.2) is 4.77 Å². The predicted molar refractivity (Wildman–Crippen MR) is 73.2 cm³/mol. The van der Waals surface area contributed by atoms with E-state index < -0.39 is 10.8 Å². The van der Waals surface area contributed by atoms with Crippen LogP contribution in [-0.4, -0.2) is 25.3 Å². The number of hydrogen-bond donors (Lipinski definition) is 1. The molecule has 1 aromatic heterocycles. The van der Waals surface area contributed by atoms with Crippen molar-refractivity contribution in [2.75, 3.05) is 11.5 Å². The monoisotopic (exact) mass is 284 g/mol. The van der Waals surface area contributed by atoms with Gasteiger partial charge in [-0.1, -0.05) is 0 Å². The number of imidazole rings is 1. The Morgan fingerprint density at radius 3 is 2.83 bits per heavy atom. The van der Waals surface area contributed by atoms with E-state index in [9.17, 15) is 8.60 Å². The lowest BCUT2D eigenvalue weighted by Crippen LogP contribution is -2.21. The fraction of sp³-hybridized carbons (Fsp3) is 0.417. The Balaban J connectivity index is 2.08. The van der Waals surface area contributed by atoms with Gasteiger partial charge in [0.2, 0.25) is 0 Å². The molecular weight excluding hydrogens is 271 g/mol. The minimum atomic E-state index is -0.684. The average molecular weight is 284 g/mol. The van der Waals surface area contributed by atoms with Crippen LogP contribution in [0.2, 0.25) is 0 Å². The van der Waals surface area contributed by atoms with Crippen LogP contribution < -0.4 is 0 Å². The lowest BCUT2D eigenvalue weighted by Gasteiger charge is -2.23. The first kappa shape index (κ1) is 12.0. The molecule has 0 atom stereocenters. The van der Waals surface area contributed by atoms with E-state index in [-0.39, 0.29) is 11.9 Å². The first-order valence-electron chi connectivity index (χ1n) is 5.90. The molecule has 96 valence electrons. The number of hydrogen-bond acceptors (Lipinski definition) is 2. The summed E-state index contributed by atoms with van der Waals surface area (Å²) in [5, 5.41) is 0. The van der Waals surface area contributed by atoms with Crippen molar-refractivity contribution in [1.29, 1.82) is 0 Å². The zero-order chi connectivity index (χ0) is 12.7. The number of benzene rings is 1. The highest BCUT2D eigenvalue weighted by Gasteiger charge is 2.21. The first-order chi connectivity index (χ1) is 8.65. The van der Waals surface area contributed by atoms with Gasteiger partial charge in [-0.2, -0.15) is 0 Å². The minimum Gasteiger partial charge on any atom is -0.330 e. The van der Waals surface area contributed by atoms with Crippen molar-refractivity contribution in [2.45, 2.75) is 18.9 Å². The van der Waals surface area contributed by atoms with Crippen LogP contribution in [0.1, 0.15) is 18.9 Å². The van der Waals surface area contributed by atoms with E-state index in [4.69, 9.17) is 12.2 Å². The van der Waals surface area contributed by atoms with Crippen LogP contribution in [0.5, 0.6) is 0 Å². The SMILES string of the molecule is O=S1CCC(n2c(=S)[nH]c3cc(F)ccc32)CC1. The maximum atomic E-state index is 13.2. The summed E-state index contributed by atoms with van der Waals surface area (Å²) in [4.78, 5) is 3.04. The van der Waals surface area contributed by atoms with E-state index >= 15 is 0 Å². The Bertz CT molecular complexity index is 666. The second kappa shape index (κ2) is 4.59. The molecule has 1 aliphatic rings. The van der Waals surface area contributed by atoms with E-state index in [0.29, 0.717) is 4.77 Å². The van der Waals surface area contributed by atoms with Crippen molar-refractivity contribution in [3.63, 3.8) is 0 Å². The zero-order valence-corrected chi connectivity index (χ0v) is 11.3. The fourth-order valence-corrected chi connectivity index (χ4v) is 4.14. The molecule has 1 aromatic carbocycles. The largest absolute Gasteiger partial charge is 0.330 e. The van der Waals surface area contributed by atoms with Crippen molar-refractivity contribution in [2.24, 2.45) is 0 Å². The highest BCUT2D eigenvalue weighted by Crippen LogP contribution is 2.27. The number of H-pyrrole nitrogens is 1. The number of halogens is 1. The van der Waals surface area contributed by atoms with Gasteiger partial charge in [-0.25, -0.2) is 4.39 Å². The van der Waals surface area contributed by atoms with Crippen LogP contribution in [0.25, 0.3) is 11.0 Å². The van der Waals surface area contributed by atoms with Gasteiger partial charge in [-0.05, 0) is 43.3 Å². The molecule has 6 heteroatoms. The molecule has 0 aliphatic carbocycles. The maximum absolute atomic E-state index is 13.2. The summed E-state index contributed by atoms with van der Waals surface area (Å²) in [6.45, 7) is 0. The third kappa shape index (κ3) is 2.03. The standard InChI is InChI=1S/C12H13FN2OS2/c13-8-1-2-11-10(7-8)14-12(17)15(11)9-3-5-18(16)6-4-9/h1-2,7,9H,3-6H2,(H,14,17). The van der Waals surface area contributed by atoms with Crippen LogP contribution in [0.4, 0.5) is 4.39 Å². The Labute approximate surface area is 111 Å². The highest BCUT2D eigenvalue weighted by molar-refractivity contribution is 7.85. The molecule has 0 saturated carbocycles. The minimum absolute atomic E-state index is 0.268. The molecular formula is C12H13FN2OS2. The quantitative estimate of drug-likeness (QED) is 0.818. The number of rotatable bonds is 1. The lowest BCUT2D eigenvalue weighted by atomic mass is 10.1. The second-order valence-electron chi connectivity index (χ2n) is 4.54. The molecule has 2 aromatic rings. The third-order valence-electron chi connectivity index (χ3n) is 3.40. The number of nitrogens with zero attached hydrogens (tertiary/aromatic N) is 1.